The number of Topliss-reactive ketones (excluding diaryl/α,β-unsaturated/α-hetero) is 1. The second-order valence-corrected chi connectivity index (χ2v) is 6.31. The molecule has 0 N–H and O–H groups in total. The van der Waals surface area contributed by atoms with E-state index in [-0.39, 0.29) is 5.92 Å². The maximum atomic E-state index is 11.8. The minimum Gasteiger partial charge on any atom is -0.380 e. The summed E-state index contributed by atoms with van der Waals surface area (Å²) in [5, 5.41) is 0. The van der Waals surface area contributed by atoms with Gasteiger partial charge in [-0.1, -0.05) is 13.8 Å². The predicted molar refractivity (Wildman–Crippen MR) is 68.0 cm³/mol. The van der Waals surface area contributed by atoms with Crippen molar-refractivity contribution in [2.75, 3.05) is 32.8 Å². The van der Waals surface area contributed by atoms with E-state index >= 15 is 0 Å². The van der Waals surface area contributed by atoms with E-state index in [1.807, 2.05) is 0 Å². The molecule has 2 heterocycles. The molecular weight excluding hydrogens is 214 g/mol. The molecule has 17 heavy (non-hydrogen) atoms. The zero-order valence-electron chi connectivity index (χ0n) is 11.2. The fourth-order valence-corrected chi connectivity index (χ4v) is 2.82. The highest BCUT2D eigenvalue weighted by Crippen LogP contribution is 2.30. The molecule has 0 amide bonds. The number of carbonyl (C=O) groups excluding carboxylic acids is 1. The van der Waals surface area contributed by atoms with Crippen LogP contribution in [-0.4, -0.2) is 43.5 Å². The van der Waals surface area contributed by atoms with Crippen LogP contribution >= 0.6 is 0 Å². The highest BCUT2D eigenvalue weighted by Gasteiger charge is 2.28. The summed E-state index contributed by atoms with van der Waals surface area (Å²) in [4.78, 5) is 14.2. The van der Waals surface area contributed by atoms with Gasteiger partial charge < -0.3 is 9.64 Å². The van der Waals surface area contributed by atoms with Gasteiger partial charge in [0.2, 0.25) is 0 Å². The quantitative estimate of drug-likeness (QED) is 0.739. The van der Waals surface area contributed by atoms with Crippen LogP contribution in [-0.2, 0) is 9.53 Å². The summed E-state index contributed by atoms with van der Waals surface area (Å²) in [7, 11) is 0. The minimum atomic E-state index is 0.130. The lowest BCUT2D eigenvalue weighted by molar-refractivity contribution is -0.131. The van der Waals surface area contributed by atoms with Gasteiger partial charge in [-0.15, -0.1) is 0 Å². The fraction of sp³-hybridized carbons (Fsp3) is 0.929. The minimum absolute atomic E-state index is 0.130. The average molecular weight is 239 g/mol. The topological polar surface area (TPSA) is 29.5 Å². The molecule has 0 aromatic heterocycles. The van der Waals surface area contributed by atoms with Crippen molar-refractivity contribution >= 4 is 5.78 Å². The van der Waals surface area contributed by atoms with Crippen molar-refractivity contribution in [3.8, 4) is 0 Å². The van der Waals surface area contributed by atoms with Crippen molar-refractivity contribution in [1.29, 1.82) is 0 Å². The first-order valence-electron chi connectivity index (χ1n) is 6.90. The van der Waals surface area contributed by atoms with E-state index in [1.54, 1.807) is 0 Å². The highest BCUT2D eigenvalue weighted by molar-refractivity contribution is 5.82. The van der Waals surface area contributed by atoms with Crippen LogP contribution in [0.5, 0.6) is 0 Å². The molecule has 1 atom stereocenters. The highest BCUT2D eigenvalue weighted by atomic mass is 16.5. The molecule has 3 nitrogen and oxygen atoms in total. The lowest BCUT2D eigenvalue weighted by Crippen LogP contribution is -2.39. The maximum Gasteiger partial charge on any atom is 0.141 e. The van der Waals surface area contributed by atoms with E-state index in [9.17, 15) is 4.79 Å². The third-order valence-electron chi connectivity index (χ3n) is 4.18. The van der Waals surface area contributed by atoms with E-state index in [4.69, 9.17) is 4.74 Å². The summed E-state index contributed by atoms with van der Waals surface area (Å²) in [6.45, 7) is 9.16. The molecule has 1 unspecified atom stereocenters. The molecule has 3 heteroatoms. The zero-order chi connectivity index (χ0) is 12.3. The molecule has 2 rings (SSSR count). The van der Waals surface area contributed by atoms with E-state index in [0.717, 1.165) is 19.6 Å². The van der Waals surface area contributed by atoms with Crippen LogP contribution in [0.25, 0.3) is 0 Å². The van der Waals surface area contributed by atoms with E-state index < -0.39 is 0 Å². The Labute approximate surface area is 105 Å². The number of hydrogen-bond donors (Lipinski definition) is 0. The van der Waals surface area contributed by atoms with Crippen LogP contribution in [0.4, 0.5) is 0 Å². The van der Waals surface area contributed by atoms with Gasteiger partial charge in [-0.05, 0) is 37.8 Å². The van der Waals surface area contributed by atoms with Gasteiger partial charge in [0.25, 0.3) is 0 Å². The second-order valence-electron chi connectivity index (χ2n) is 6.31. The number of ether oxygens (including phenoxy) is 1. The van der Waals surface area contributed by atoms with Crippen molar-refractivity contribution in [3.63, 3.8) is 0 Å². The fourth-order valence-electron chi connectivity index (χ4n) is 2.82. The smallest absolute Gasteiger partial charge is 0.141 e. The van der Waals surface area contributed by atoms with Crippen molar-refractivity contribution in [2.45, 2.75) is 39.5 Å². The van der Waals surface area contributed by atoms with Gasteiger partial charge in [0.05, 0.1) is 19.1 Å². The zero-order valence-corrected chi connectivity index (χ0v) is 11.2. The molecule has 0 aromatic carbocycles. The monoisotopic (exact) mass is 239 g/mol. The summed E-state index contributed by atoms with van der Waals surface area (Å²) in [5.74, 6) is 0.532. The van der Waals surface area contributed by atoms with Gasteiger partial charge in [0, 0.05) is 13.0 Å². The van der Waals surface area contributed by atoms with Crippen LogP contribution < -0.4 is 0 Å². The first-order valence-corrected chi connectivity index (χ1v) is 6.90. The third-order valence-corrected chi connectivity index (χ3v) is 4.18. The summed E-state index contributed by atoms with van der Waals surface area (Å²) in [6, 6.07) is 0. The van der Waals surface area contributed by atoms with Crippen LogP contribution in [0.1, 0.15) is 39.5 Å². The van der Waals surface area contributed by atoms with Gasteiger partial charge in [-0.3, -0.25) is 4.79 Å². The number of likely N-dealkylation sites (tertiary alicyclic amines) is 1. The normalized spacial score (nSPS) is 31.2. The Hall–Kier alpha value is -0.410. The molecule has 0 aliphatic carbocycles. The molecular formula is C14H25NO2. The Morgan fingerprint density at radius 2 is 2.18 bits per heavy atom. The Morgan fingerprint density at radius 1 is 1.35 bits per heavy atom. The predicted octanol–water partition coefficient (Wildman–Crippen LogP) is 2.10. The summed E-state index contributed by atoms with van der Waals surface area (Å²) in [6.07, 6.45) is 4.42. The third kappa shape index (κ3) is 3.78. The van der Waals surface area contributed by atoms with Gasteiger partial charge in [-0.2, -0.15) is 0 Å². The first kappa shape index (κ1) is 13.0. The van der Waals surface area contributed by atoms with Gasteiger partial charge in [-0.25, -0.2) is 0 Å². The Kier molecular flexibility index (Phi) is 4.21. The lowest BCUT2D eigenvalue weighted by Gasteiger charge is -2.28. The lowest BCUT2D eigenvalue weighted by atomic mass is 9.85. The summed E-state index contributed by atoms with van der Waals surface area (Å²) < 4.78 is 5.42. The number of nitrogens with zero attached hydrogens (tertiary/aromatic N) is 1. The van der Waals surface area contributed by atoms with Gasteiger partial charge >= 0.3 is 0 Å². The van der Waals surface area contributed by atoms with Crippen molar-refractivity contribution in [2.24, 2.45) is 11.3 Å². The number of rotatable bonds is 2. The van der Waals surface area contributed by atoms with Crippen molar-refractivity contribution in [3.05, 3.63) is 0 Å². The summed E-state index contributed by atoms with van der Waals surface area (Å²) >= 11 is 0. The second kappa shape index (κ2) is 5.49. The van der Waals surface area contributed by atoms with Crippen LogP contribution in [0.2, 0.25) is 0 Å². The number of ketones is 1. The maximum absolute atomic E-state index is 11.8. The molecule has 98 valence electrons. The average Bonchev–Trinajstić information content (AvgIpc) is 2.44. The molecule has 2 aliphatic heterocycles. The Bertz CT molecular complexity index is 275. The van der Waals surface area contributed by atoms with Crippen LogP contribution in [0.15, 0.2) is 0 Å². The molecule has 2 fully saturated rings. The summed E-state index contributed by atoms with van der Waals surface area (Å²) in [5.41, 5.74) is 0.474. The standard InChI is InChI=1S/C14H25NO2/c1-14(2)5-3-7-15(8-6-14)10-12-11-17-9-4-13(12)16/h12H,3-11H2,1-2H3. The van der Waals surface area contributed by atoms with E-state index in [2.05, 4.69) is 18.7 Å². The van der Waals surface area contributed by atoms with Crippen molar-refractivity contribution < 1.29 is 9.53 Å². The molecule has 2 aliphatic rings. The van der Waals surface area contributed by atoms with Crippen LogP contribution in [0.3, 0.4) is 0 Å². The Morgan fingerprint density at radius 3 is 2.94 bits per heavy atom. The number of carbonyl (C=O) groups is 1. The molecule has 0 bridgehead atoms. The Balaban J connectivity index is 1.84. The molecule has 2 saturated heterocycles. The number of hydrogen-bond acceptors (Lipinski definition) is 3. The molecule has 0 saturated carbocycles. The first-order chi connectivity index (χ1) is 8.07. The SMILES string of the molecule is CC1(C)CCCN(CC2COCCC2=O)CC1. The van der Waals surface area contributed by atoms with Gasteiger partial charge in [0.15, 0.2) is 0 Å². The van der Waals surface area contributed by atoms with Gasteiger partial charge in [0.1, 0.15) is 5.78 Å². The molecule has 0 aromatic rings. The van der Waals surface area contributed by atoms with Crippen LogP contribution in [0, 0.1) is 11.3 Å². The van der Waals surface area contributed by atoms with E-state index in [0.29, 0.717) is 30.8 Å². The largest absolute Gasteiger partial charge is 0.380 e. The van der Waals surface area contributed by atoms with Crippen molar-refractivity contribution in [1.82, 2.24) is 4.90 Å². The van der Waals surface area contributed by atoms with E-state index in [1.165, 1.54) is 19.3 Å². The molecule has 0 spiro atoms. The molecule has 0 radical (unpaired) electrons.